The van der Waals surface area contributed by atoms with Gasteiger partial charge in [-0.1, -0.05) is 6.92 Å². The predicted molar refractivity (Wildman–Crippen MR) is 98.8 cm³/mol. The molecule has 0 aliphatic carbocycles. The van der Waals surface area contributed by atoms with Gasteiger partial charge in [0, 0.05) is 41.7 Å². The highest BCUT2D eigenvalue weighted by Crippen LogP contribution is 2.32. The van der Waals surface area contributed by atoms with E-state index in [1.807, 2.05) is 18.2 Å². The van der Waals surface area contributed by atoms with E-state index in [2.05, 4.69) is 23.4 Å². The largest absolute Gasteiger partial charge is 0.391 e. The van der Waals surface area contributed by atoms with E-state index < -0.39 is 6.10 Å². The lowest BCUT2D eigenvalue weighted by molar-refractivity contribution is 0.0764. The molecule has 5 heteroatoms. The predicted octanol–water partition coefficient (Wildman–Crippen LogP) is 2.48. The average molecular weight is 341 g/mol. The highest BCUT2D eigenvalue weighted by Gasteiger charge is 2.33. The first kappa shape index (κ1) is 16.6. The Balaban J connectivity index is 1.61. The summed E-state index contributed by atoms with van der Waals surface area (Å²) in [6.45, 7) is 5.28. The van der Waals surface area contributed by atoms with Crippen LogP contribution < -0.4 is 5.32 Å². The van der Waals surface area contributed by atoms with Gasteiger partial charge in [0.05, 0.1) is 6.10 Å². The number of amides is 1. The molecule has 1 amide bonds. The zero-order valence-electron chi connectivity index (χ0n) is 14.8. The van der Waals surface area contributed by atoms with E-state index in [1.54, 1.807) is 4.90 Å². The summed E-state index contributed by atoms with van der Waals surface area (Å²) < 4.78 is 0. The third-order valence-electron chi connectivity index (χ3n) is 5.96. The van der Waals surface area contributed by atoms with Gasteiger partial charge in [-0.05, 0) is 62.0 Å². The van der Waals surface area contributed by atoms with E-state index in [4.69, 9.17) is 0 Å². The van der Waals surface area contributed by atoms with Crippen LogP contribution in [0.1, 0.15) is 48.0 Å². The van der Waals surface area contributed by atoms with E-state index >= 15 is 0 Å². The van der Waals surface area contributed by atoms with Crippen LogP contribution in [0.25, 0.3) is 10.9 Å². The fourth-order valence-corrected chi connectivity index (χ4v) is 4.35. The number of hydrogen-bond donors (Lipinski definition) is 3. The Bertz CT molecular complexity index is 763. The number of aromatic amines is 1. The molecule has 0 bridgehead atoms. The number of β-amino-alcohol motifs (C(OH)–C–C–N with tert-alkyl or cyclic N) is 1. The smallest absolute Gasteiger partial charge is 0.253 e. The lowest BCUT2D eigenvalue weighted by Gasteiger charge is -2.22. The lowest BCUT2D eigenvalue weighted by Crippen LogP contribution is -2.29. The minimum atomic E-state index is -0.393. The van der Waals surface area contributed by atoms with Crippen molar-refractivity contribution < 1.29 is 9.90 Å². The van der Waals surface area contributed by atoms with Crippen LogP contribution in [0.15, 0.2) is 24.4 Å². The van der Waals surface area contributed by atoms with Crippen LogP contribution in [0.4, 0.5) is 0 Å². The van der Waals surface area contributed by atoms with Crippen molar-refractivity contribution in [2.24, 2.45) is 5.92 Å². The number of carbonyl (C=O) groups excluding carboxylic acids is 1. The molecule has 0 spiro atoms. The van der Waals surface area contributed by atoms with Crippen LogP contribution >= 0.6 is 0 Å². The number of nitrogens with zero attached hydrogens (tertiary/aromatic N) is 1. The van der Waals surface area contributed by atoms with Gasteiger partial charge in [0.25, 0.3) is 5.91 Å². The fourth-order valence-electron chi connectivity index (χ4n) is 4.35. The van der Waals surface area contributed by atoms with E-state index in [1.165, 1.54) is 10.9 Å². The third kappa shape index (κ3) is 3.07. The van der Waals surface area contributed by atoms with Gasteiger partial charge in [-0.15, -0.1) is 0 Å². The number of carbonyl (C=O) groups is 1. The SMILES string of the molecule is CCC1CN(C(=O)c2ccc3[nH]cc(C4CCNCC4)c3c2)CC1O. The van der Waals surface area contributed by atoms with Crippen molar-refractivity contribution in [3.05, 3.63) is 35.5 Å². The Labute approximate surface area is 148 Å². The van der Waals surface area contributed by atoms with Crippen LogP contribution in [0.2, 0.25) is 0 Å². The quantitative estimate of drug-likeness (QED) is 0.803. The average Bonchev–Trinajstić information content (AvgIpc) is 3.24. The highest BCUT2D eigenvalue weighted by molar-refractivity contribution is 5.99. The van der Waals surface area contributed by atoms with Crippen LogP contribution in [0.3, 0.4) is 0 Å². The van der Waals surface area contributed by atoms with Gasteiger partial charge in [-0.2, -0.15) is 0 Å². The van der Waals surface area contributed by atoms with Crippen molar-refractivity contribution in [2.75, 3.05) is 26.2 Å². The number of rotatable bonds is 3. The van der Waals surface area contributed by atoms with E-state index in [9.17, 15) is 9.90 Å². The summed E-state index contributed by atoms with van der Waals surface area (Å²) in [5.41, 5.74) is 3.16. The number of aromatic nitrogens is 1. The van der Waals surface area contributed by atoms with Crippen LogP contribution in [-0.4, -0.2) is 53.2 Å². The summed E-state index contributed by atoms with van der Waals surface area (Å²) in [6.07, 6.45) is 4.90. The Kier molecular flexibility index (Phi) is 4.52. The van der Waals surface area contributed by atoms with E-state index in [0.717, 1.165) is 43.4 Å². The molecule has 25 heavy (non-hydrogen) atoms. The van der Waals surface area contributed by atoms with Crippen molar-refractivity contribution in [1.82, 2.24) is 15.2 Å². The van der Waals surface area contributed by atoms with Crippen molar-refractivity contribution in [3.8, 4) is 0 Å². The molecule has 2 aromatic rings. The Hall–Kier alpha value is -1.85. The van der Waals surface area contributed by atoms with Gasteiger partial charge in [0.15, 0.2) is 0 Å². The molecular weight excluding hydrogens is 314 g/mol. The van der Waals surface area contributed by atoms with Crippen molar-refractivity contribution in [3.63, 3.8) is 0 Å². The molecule has 1 aromatic heterocycles. The number of piperidine rings is 1. The summed E-state index contributed by atoms with van der Waals surface area (Å²) in [4.78, 5) is 18.1. The molecule has 2 atom stereocenters. The molecule has 1 aromatic carbocycles. The molecule has 4 rings (SSSR count). The van der Waals surface area contributed by atoms with Gasteiger partial charge in [0.1, 0.15) is 0 Å². The summed E-state index contributed by atoms with van der Waals surface area (Å²) >= 11 is 0. The zero-order valence-corrected chi connectivity index (χ0v) is 14.8. The summed E-state index contributed by atoms with van der Waals surface area (Å²) in [5.74, 6) is 0.790. The number of likely N-dealkylation sites (tertiary alicyclic amines) is 1. The highest BCUT2D eigenvalue weighted by atomic mass is 16.3. The van der Waals surface area contributed by atoms with Gasteiger partial charge in [0.2, 0.25) is 0 Å². The second kappa shape index (κ2) is 6.81. The molecule has 134 valence electrons. The normalized spacial score (nSPS) is 25.0. The van der Waals surface area contributed by atoms with Crippen LogP contribution in [-0.2, 0) is 0 Å². The molecular formula is C20H27N3O2. The third-order valence-corrected chi connectivity index (χ3v) is 5.96. The van der Waals surface area contributed by atoms with Crippen molar-refractivity contribution in [2.45, 2.75) is 38.2 Å². The minimum absolute atomic E-state index is 0.0364. The molecule has 2 saturated heterocycles. The maximum atomic E-state index is 12.9. The first-order valence-corrected chi connectivity index (χ1v) is 9.46. The summed E-state index contributed by atoms with van der Waals surface area (Å²) in [5, 5.41) is 14.7. The van der Waals surface area contributed by atoms with Crippen LogP contribution in [0.5, 0.6) is 0 Å². The molecule has 2 aliphatic rings. The summed E-state index contributed by atoms with van der Waals surface area (Å²) in [7, 11) is 0. The standard InChI is InChI=1S/C20H27N3O2/c1-2-13-11-23(12-19(13)24)20(25)15-3-4-18-16(9-15)17(10-22-18)14-5-7-21-8-6-14/h3-4,9-10,13-14,19,21-22,24H,2,5-8,11-12H2,1H3. The number of hydrogen-bond acceptors (Lipinski definition) is 3. The number of aliphatic hydroxyl groups excluding tert-OH is 1. The first-order chi connectivity index (χ1) is 12.2. The molecule has 2 unspecified atom stereocenters. The number of nitrogens with one attached hydrogen (secondary N) is 2. The molecule has 5 nitrogen and oxygen atoms in total. The Morgan fingerprint density at radius 1 is 1.28 bits per heavy atom. The minimum Gasteiger partial charge on any atom is -0.391 e. The monoisotopic (exact) mass is 341 g/mol. The zero-order chi connectivity index (χ0) is 17.4. The topological polar surface area (TPSA) is 68.4 Å². The van der Waals surface area contributed by atoms with Crippen molar-refractivity contribution in [1.29, 1.82) is 0 Å². The molecule has 3 heterocycles. The van der Waals surface area contributed by atoms with Crippen molar-refractivity contribution >= 4 is 16.8 Å². The van der Waals surface area contributed by atoms with Gasteiger partial charge in [-0.3, -0.25) is 4.79 Å². The molecule has 0 saturated carbocycles. The first-order valence-electron chi connectivity index (χ1n) is 9.46. The second-order valence-electron chi connectivity index (χ2n) is 7.47. The molecule has 0 radical (unpaired) electrons. The van der Waals surface area contributed by atoms with E-state index in [0.29, 0.717) is 19.0 Å². The summed E-state index contributed by atoms with van der Waals surface area (Å²) in [6, 6.07) is 5.95. The van der Waals surface area contributed by atoms with Gasteiger partial charge >= 0.3 is 0 Å². The molecule has 2 aliphatic heterocycles. The van der Waals surface area contributed by atoms with Gasteiger partial charge in [-0.25, -0.2) is 0 Å². The maximum Gasteiger partial charge on any atom is 0.253 e. The lowest BCUT2D eigenvalue weighted by atomic mass is 9.89. The Morgan fingerprint density at radius 3 is 2.80 bits per heavy atom. The second-order valence-corrected chi connectivity index (χ2v) is 7.47. The fraction of sp³-hybridized carbons (Fsp3) is 0.550. The number of fused-ring (bicyclic) bond motifs is 1. The number of benzene rings is 1. The van der Waals surface area contributed by atoms with E-state index in [-0.39, 0.29) is 11.8 Å². The number of aliphatic hydroxyl groups is 1. The molecule has 2 fully saturated rings. The number of H-pyrrole nitrogens is 1. The van der Waals surface area contributed by atoms with Gasteiger partial charge < -0.3 is 20.3 Å². The van der Waals surface area contributed by atoms with Crippen LogP contribution in [0, 0.1) is 5.92 Å². The maximum absolute atomic E-state index is 12.9. The Morgan fingerprint density at radius 2 is 2.08 bits per heavy atom. The molecule has 3 N–H and O–H groups in total.